The highest BCUT2D eigenvalue weighted by atomic mass is 14.7. The standard InChI is InChI=1S/C9H9N/c1-2-8-10-9-6-4-3-5-7-9/h2-8H,1H2/p+1. The lowest BCUT2D eigenvalue weighted by molar-refractivity contribution is -0.346. The topological polar surface area (TPSA) is 14.0 Å². The Labute approximate surface area is 60.7 Å². The molecule has 1 aromatic carbocycles. The number of nitrogens with one attached hydrogen (secondary N) is 1. The number of rotatable bonds is 2. The number of hydrogen-bond acceptors (Lipinski definition) is 0. The summed E-state index contributed by atoms with van der Waals surface area (Å²) < 4.78 is 0. The third-order valence-corrected chi connectivity index (χ3v) is 1.14. The van der Waals surface area contributed by atoms with Gasteiger partial charge >= 0.3 is 0 Å². The minimum atomic E-state index is 1.09. The van der Waals surface area contributed by atoms with Gasteiger partial charge in [-0.2, -0.15) is 0 Å². The lowest BCUT2D eigenvalue weighted by Gasteiger charge is -1.80. The Bertz CT molecular complexity index is 224. The molecule has 0 aromatic heterocycles. The second kappa shape index (κ2) is 3.62. The molecule has 0 saturated heterocycles. The molecule has 0 fully saturated rings. The first-order valence-electron chi connectivity index (χ1n) is 3.19. The fraction of sp³-hybridized carbons (Fsp3) is 0. The van der Waals surface area contributed by atoms with E-state index >= 15 is 0 Å². The average molecular weight is 132 g/mol. The summed E-state index contributed by atoms with van der Waals surface area (Å²) in [4.78, 5) is 3.05. The Morgan fingerprint density at radius 3 is 2.50 bits per heavy atom. The van der Waals surface area contributed by atoms with Gasteiger partial charge in [0, 0.05) is 12.1 Å². The van der Waals surface area contributed by atoms with Crippen LogP contribution in [0.2, 0.25) is 0 Å². The Kier molecular flexibility index (Phi) is 2.44. The van der Waals surface area contributed by atoms with Crippen LogP contribution in [-0.2, 0) is 0 Å². The smallest absolute Gasteiger partial charge is 0.203 e. The molecule has 0 aliphatic carbocycles. The van der Waals surface area contributed by atoms with Gasteiger partial charge in [-0.15, -0.1) is 0 Å². The molecular weight excluding hydrogens is 122 g/mol. The maximum Gasteiger partial charge on any atom is 0.203 e. The van der Waals surface area contributed by atoms with E-state index in [0.717, 1.165) is 5.69 Å². The highest BCUT2D eigenvalue weighted by Gasteiger charge is 1.86. The van der Waals surface area contributed by atoms with Crippen molar-refractivity contribution in [3.63, 3.8) is 0 Å². The van der Waals surface area contributed by atoms with Crippen molar-refractivity contribution in [2.75, 3.05) is 0 Å². The Morgan fingerprint density at radius 2 is 1.90 bits per heavy atom. The zero-order chi connectivity index (χ0) is 7.23. The van der Waals surface area contributed by atoms with Crippen molar-refractivity contribution in [3.05, 3.63) is 43.0 Å². The molecule has 1 aromatic rings. The van der Waals surface area contributed by atoms with Gasteiger partial charge in [-0.25, -0.2) is 4.99 Å². The molecule has 0 unspecified atom stereocenters. The average Bonchev–Trinajstić information content (AvgIpc) is 2.03. The van der Waals surface area contributed by atoms with Crippen molar-refractivity contribution in [3.8, 4) is 0 Å². The molecule has 0 amide bonds. The van der Waals surface area contributed by atoms with E-state index in [4.69, 9.17) is 0 Å². The molecule has 0 radical (unpaired) electrons. The van der Waals surface area contributed by atoms with Crippen LogP contribution in [0.15, 0.2) is 43.0 Å². The molecule has 0 heterocycles. The van der Waals surface area contributed by atoms with Gasteiger partial charge in [0.25, 0.3) is 0 Å². The van der Waals surface area contributed by atoms with Gasteiger partial charge in [0.05, 0.1) is 0 Å². The molecule has 0 bridgehead atoms. The van der Waals surface area contributed by atoms with Crippen LogP contribution in [0.1, 0.15) is 0 Å². The summed E-state index contributed by atoms with van der Waals surface area (Å²) in [6, 6.07) is 9.96. The van der Waals surface area contributed by atoms with Crippen LogP contribution < -0.4 is 4.99 Å². The number of benzene rings is 1. The van der Waals surface area contributed by atoms with Crippen LogP contribution in [0.4, 0.5) is 5.69 Å². The van der Waals surface area contributed by atoms with Gasteiger partial charge in [-0.1, -0.05) is 24.8 Å². The largest absolute Gasteiger partial charge is 0.212 e. The summed E-state index contributed by atoms with van der Waals surface area (Å²) in [7, 11) is 0. The molecule has 1 heteroatoms. The maximum atomic E-state index is 3.56. The van der Waals surface area contributed by atoms with Crippen LogP contribution in [0, 0.1) is 0 Å². The molecule has 50 valence electrons. The van der Waals surface area contributed by atoms with Crippen LogP contribution in [0.5, 0.6) is 0 Å². The minimum Gasteiger partial charge on any atom is -0.212 e. The van der Waals surface area contributed by atoms with E-state index < -0.39 is 0 Å². The van der Waals surface area contributed by atoms with E-state index in [1.54, 1.807) is 12.3 Å². The van der Waals surface area contributed by atoms with Crippen LogP contribution in [-0.4, -0.2) is 6.21 Å². The second-order valence-electron chi connectivity index (χ2n) is 1.91. The molecule has 0 saturated carbocycles. The molecule has 0 aliphatic rings. The molecular formula is C9H10N+. The van der Waals surface area contributed by atoms with Crippen LogP contribution in [0.25, 0.3) is 0 Å². The maximum absolute atomic E-state index is 3.56. The van der Waals surface area contributed by atoms with E-state index in [1.807, 2.05) is 30.3 Å². The summed E-state index contributed by atoms with van der Waals surface area (Å²) in [5, 5.41) is 0. The highest BCUT2D eigenvalue weighted by Crippen LogP contribution is 1.94. The van der Waals surface area contributed by atoms with Crippen LogP contribution in [0.3, 0.4) is 0 Å². The van der Waals surface area contributed by atoms with E-state index in [0.29, 0.717) is 0 Å². The molecule has 10 heavy (non-hydrogen) atoms. The van der Waals surface area contributed by atoms with Crippen molar-refractivity contribution in [2.24, 2.45) is 0 Å². The molecule has 1 nitrogen and oxygen atoms in total. The zero-order valence-electron chi connectivity index (χ0n) is 5.75. The Morgan fingerprint density at radius 1 is 1.20 bits per heavy atom. The predicted octanol–water partition coefficient (Wildman–Crippen LogP) is 0.655. The first kappa shape index (κ1) is 6.75. The lowest BCUT2D eigenvalue weighted by Crippen LogP contribution is -2.60. The monoisotopic (exact) mass is 132 g/mol. The first-order chi connectivity index (χ1) is 4.93. The van der Waals surface area contributed by atoms with E-state index in [1.165, 1.54) is 0 Å². The molecule has 1 rings (SSSR count). The fourth-order valence-electron chi connectivity index (χ4n) is 0.690. The Hall–Kier alpha value is -1.37. The van der Waals surface area contributed by atoms with Gasteiger partial charge in [0.1, 0.15) is 0 Å². The van der Waals surface area contributed by atoms with Gasteiger partial charge in [0.15, 0.2) is 6.21 Å². The normalized spacial score (nSPS) is 10.0. The third kappa shape index (κ3) is 1.86. The summed E-state index contributed by atoms with van der Waals surface area (Å²) in [5.74, 6) is 0. The first-order valence-corrected chi connectivity index (χ1v) is 3.19. The summed E-state index contributed by atoms with van der Waals surface area (Å²) in [6.45, 7) is 3.56. The Balaban J connectivity index is 2.76. The molecule has 0 aliphatic heterocycles. The van der Waals surface area contributed by atoms with Crippen molar-refractivity contribution in [2.45, 2.75) is 0 Å². The van der Waals surface area contributed by atoms with Crippen molar-refractivity contribution >= 4 is 11.9 Å². The van der Waals surface area contributed by atoms with Gasteiger partial charge in [0.2, 0.25) is 5.69 Å². The van der Waals surface area contributed by atoms with E-state index in [2.05, 4.69) is 11.6 Å². The SMILES string of the molecule is C=CC=[NH+]c1ccccc1. The quantitative estimate of drug-likeness (QED) is 0.568. The lowest BCUT2D eigenvalue weighted by atomic mass is 10.3. The number of allylic oxidation sites excluding steroid dienone is 1. The molecule has 0 atom stereocenters. The van der Waals surface area contributed by atoms with Gasteiger partial charge in [-0.3, -0.25) is 0 Å². The van der Waals surface area contributed by atoms with Crippen molar-refractivity contribution < 1.29 is 4.99 Å². The highest BCUT2D eigenvalue weighted by molar-refractivity contribution is 5.65. The summed E-state index contributed by atoms with van der Waals surface area (Å²) >= 11 is 0. The van der Waals surface area contributed by atoms with E-state index in [9.17, 15) is 0 Å². The van der Waals surface area contributed by atoms with Crippen LogP contribution >= 0.6 is 0 Å². The van der Waals surface area contributed by atoms with Gasteiger partial charge < -0.3 is 0 Å². The minimum absolute atomic E-state index is 1.09. The van der Waals surface area contributed by atoms with Crippen molar-refractivity contribution in [1.82, 2.24) is 0 Å². The zero-order valence-corrected chi connectivity index (χ0v) is 5.75. The van der Waals surface area contributed by atoms with Crippen molar-refractivity contribution in [1.29, 1.82) is 0 Å². The second-order valence-corrected chi connectivity index (χ2v) is 1.91. The van der Waals surface area contributed by atoms with Gasteiger partial charge in [-0.05, 0) is 6.08 Å². The predicted molar refractivity (Wildman–Crippen MR) is 43.3 cm³/mol. The number of para-hydroxylation sites is 1. The van der Waals surface area contributed by atoms with E-state index in [-0.39, 0.29) is 0 Å². The third-order valence-electron chi connectivity index (χ3n) is 1.14. The molecule has 1 N–H and O–H groups in total. The summed E-state index contributed by atoms with van der Waals surface area (Å²) in [6.07, 6.45) is 3.52. The molecule has 0 spiro atoms. The summed E-state index contributed by atoms with van der Waals surface area (Å²) in [5.41, 5.74) is 1.09. The number of hydrogen-bond donors (Lipinski definition) is 1. The fourth-order valence-corrected chi connectivity index (χ4v) is 0.690.